The standard InChI is InChI=1S/C15H14N4O4S/c1-23-13-8-10(7-12(14(13)20)19(21)22)9-16-18-15(24)17-11-5-3-2-4-6-11/h2-9,20H,1H3,(H2,17,18,24)/p+1. The largest absolute Gasteiger partial charge is 0.500 e. The summed E-state index contributed by atoms with van der Waals surface area (Å²) in [5, 5.41) is 26.6. The molecule has 24 heavy (non-hydrogen) atoms. The Morgan fingerprint density at radius 2 is 2.08 bits per heavy atom. The highest BCUT2D eigenvalue weighted by molar-refractivity contribution is 7.80. The average Bonchev–Trinajstić information content (AvgIpc) is 2.56. The van der Waals surface area contributed by atoms with Crippen molar-refractivity contribution >= 4 is 34.9 Å². The van der Waals surface area contributed by atoms with E-state index in [1.54, 1.807) is 0 Å². The zero-order chi connectivity index (χ0) is 17.5. The van der Waals surface area contributed by atoms with Crippen LogP contribution in [0.4, 0.5) is 11.4 Å². The van der Waals surface area contributed by atoms with Crippen LogP contribution in [0.2, 0.25) is 0 Å². The fraction of sp³-hybridized carbons (Fsp3) is 0.0667. The summed E-state index contributed by atoms with van der Waals surface area (Å²) in [6.07, 6.45) is 1.45. The van der Waals surface area contributed by atoms with Gasteiger partial charge in [0.05, 0.1) is 17.6 Å². The van der Waals surface area contributed by atoms with Gasteiger partial charge in [-0.1, -0.05) is 18.2 Å². The second-order valence-corrected chi connectivity index (χ2v) is 4.99. The topological polar surface area (TPSA) is 111 Å². The van der Waals surface area contributed by atoms with E-state index < -0.39 is 16.4 Å². The van der Waals surface area contributed by atoms with Gasteiger partial charge in [-0.25, -0.2) is 0 Å². The van der Waals surface area contributed by atoms with E-state index in [4.69, 9.17) is 17.0 Å². The monoisotopic (exact) mass is 347 g/mol. The molecule has 2 aromatic carbocycles. The molecule has 0 aromatic heterocycles. The molecule has 0 aliphatic rings. The van der Waals surface area contributed by atoms with Gasteiger partial charge in [-0.15, -0.1) is 10.5 Å². The minimum absolute atomic E-state index is 0.00207. The molecule has 8 nitrogen and oxygen atoms in total. The Morgan fingerprint density at radius 3 is 2.71 bits per heavy atom. The third-order valence-electron chi connectivity index (χ3n) is 2.95. The van der Waals surface area contributed by atoms with Crippen molar-refractivity contribution < 1.29 is 19.9 Å². The quantitative estimate of drug-likeness (QED) is 0.273. The highest BCUT2D eigenvalue weighted by Crippen LogP contribution is 2.36. The smallest absolute Gasteiger partial charge is 0.315 e. The molecule has 124 valence electrons. The highest BCUT2D eigenvalue weighted by Gasteiger charge is 2.20. The number of nitro groups is 1. The first-order valence-electron chi connectivity index (χ1n) is 6.77. The number of nitrogens with zero attached hydrogens (tertiary/aromatic N) is 1. The number of hydrazone groups is 1. The van der Waals surface area contributed by atoms with Crippen molar-refractivity contribution in [2.75, 3.05) is 12.4 Å². The molecule has 0 atom stereocenters. The lowest BCUT2D eigenvalue weighted by Gasteiger charge is -2.04. The van der Waals surface area contributed by atoms with Gasteiger partial charge in [0.25, 0.3) is 0 Å². The lowest BCUT2D eigenvalue weighted by molar-refractivity contribution is -0.499. The van der Waals surface area contributed by atoms with Gasteiger partial charge in [-0.2, -0.15) is 0 Å². The van der Waals surface area contributed by atoms with Crippen molar-refractivity contribution in [3.8, 4) is 11.5 Å². The number of ether oxygens (including phenoxy) is 1. The van der Waals surface area contributed by atoms with Crippen LogP contribution in [-0.4, -0.2) is 28.5 Å². The van der Waals surface area contributed by atoms with Gasteiger partial charge >= 0.3 is 5.69 Å². The number of phenols is 1. The molecular weight excluding hydrogens is 332 g/mol. The first-order chi connectivity index (χ1) is 11.5. The summed E-state index contributed by atoms with van der Waals surface area (Å²) in [5.74, 6) is -0.517. The fourth-order valence-corrected chi connectivity index (χ4v) is 2.04. The van der Waals surface area contributed by atoms with E-state index in [9.17, 15) is 15.2 Å². The average molecular weight is 347 g/mol. The second-order valence-electron chi connectivity index (χ2n) is 4.58. The molecule has 0 heterocycles. The molecule has 0 saturated carbocycles. The molecule has 4 N–H and O–H groups in total. The normalized spacial score (nSPS) is 10.4. The number of aromatic hydroxyl groups is 1. The predicted molar refractivity (Wildman–Crippen MR) is 93.2 cm³/mol. The van der Waals surface area contributed by atoms with Gasteiger partial charge in [0.1, 0.15) is 0 Å². The van der Waals surface area contributed by atoms with E-state index in [1.165, 1.54) is 25.5 Å². The Morgan fingerprint density at radius 1 is 1.38 bits per heavy atom. The van der Waals surface area contributed by atoms with Crippen LogP contribution < -0.4 is 20.6 Å². The zero-order valence-corrected chi connectivity index (χ0v) is 13.5. The summed E-state index contributed by atoms with van der Waals surface area (Å²) in [5.41, 5.74) is 3.51. The highest BCUT2D eigenvalue weighted by atomic mass is 32.1. The molecule has 0 radical (unpaired) electrons. The van der Waals surface area contributed by atoms with Crippen molar-refractivity contribution in [1.82, 2.24) is 5.43 Å². The van der Waals surface area contributed by atoms with Crippen molar-refractivity contribution in [3.05, 3.63) is 58.1 Å². The number of hydrogen-bond donors (Lipinski definition) is 4. The summed E-state index contributed by atoms with van der Waals surface area (Å²) < 4.78 is 4.92. The maximum absolute atomic E-state index is 10.9. The molecular formula is C15H15N4O4S+. The van der Waals surface area contributed by atoms with Gasteiger partial charge in [0.15, 0.2) is 12.0 Å². The van der Waals surface area contributed by atoms with Gasteiger partial charge in [0, 0.05) is 11.8 Å². The summed E-state index contributed by atoms with van der Waals surface area (Å²) in [6.45, 7) is 0. The first-order valence-corrected chi connectivity index (χ1v) is 7.18. The minimum atomic E-state index is -0.690. The fourth-order valence-electron chi connectivity index (χ4n) is 1.86. The Balaban J connectivity index is 2.07. The third kappa shape index (κ3) is 4.40. The Kier molecular flexibility index (Phi) is 5.63. The van der Waals surface area contributed by atoms with E-state index in [2.05, 4.69) is 15.8 Å². The van der Waals surface area contributed by atoms with Crippen LogP contribution in [0.3, 0.4) is 0 Å². The number of phenolic OH excluding ortho intramolecular Hbond substituents is 1. The third-order valence-corrected chi connectivity index (χ3v) is 3.15. The first kappa shape index (κ1) is 17.2. The van der Waals surface area contributed by atoms with E-state index in [-0.39, 0.29) is 5.75 Å². The van der Waals surface area contributed by atoms with Crippen molar-refractivity contribution in [2.45, 2.75) is 0 Å². The molecule has 2 rings (SSSR count). The van der Waals surface area contributed by atoms with Crippen LogP contribution in [0.15, 0.2) is 42.5 Å². The van der Waals surface area contributed by atoms with Crippen LogP contribution in [0.25, 0.3) is 0 Å². The van der Waals surface area contributed by atoms with Gasteiger partial charge in [0.2, 0.25) is 10.9 Å². The number of para-hydroxylation sites is 1. The van der Waals surface area contributed by atoms with Crippen LogP contribution in [0, 0.1) is 10.1 Å². The molecule has 0 fully saturated rings. The number of rotatable bonds is 5. The molecule has 0 bridgehead atoms. The van der Waals surface area contributed by atoms with Crippen LogP contribution in [-0.2, 0) is 0 Å². The van der Waals surface area contributed by atoms with Crippen molar-refractivity contribution in [3.63, 3.8) is 0 Å². The number of hydrogen-bond acceptors (Lipinski definition) is 5. The zero-order valence-electron chi connectivity index (χ0n) is 12.6. The van der Waals surface area contributed by atoms with E-state index in [0.717, 1.165) is 5.69 Å². The molecule has 0 aliphatic heterocycles. The van der Waals surface area contributed by atoms with Crippen molar-refractivity contribution in [1.29, 1.82) is 0 Å². The van der Waals surface area contributed by atoms with E-state index >= 15 is 0 Å². The number of benzene rings is 2. The Labute approximate surface area is 142 Å². The second kappa shape index (κ2) is 7.88. The maximum atomic E-state index is 10.9. The van der Waals surface area contributed by atoms with E-state index in [0.29, 0.717) is 10.7 Å². The van der Waals surface area contributed by atoms with Crippen LogP contribution in [0.1, 0.15) is 5.56 Å². The predicted octanol–water partition coefficient (Wildman–Crippen LogP) is 0.710. The molecule has 0 amide bonds. The van der Waals surface area contributed by atoms with Gasteiger partial charge < -0.3 is 15.2 Å². The number of methoxy groups -OCH3 is 1. The summed E-state index contributed by atoms with van der Waals surface area (Å²) in [6, 6.07) is 12.0. The number of anilines is 1. The minimum Gasteiger partial charge on any atom is -0.500 e. The Hall–Kier alpha value is -3.20. The molecule has 2 aromatic rings. The van der Waals surface area contributed by atoms with E-state index in [1.807, 2.05) is 30.3 Å². The molecule has 0 saturated heterocycles. The van der Waals surface area contributed by atoms with Crippen LogP contribution in [0.5, 0.6) is 11.5 Å². The molecule has 0 spiro atoms. The summed E-state index contributed by atoms with van der Waals surface area (Å²) in [4.78, 5) is 10.2. The summed E-state index contributed by atoms with van der Waals surface area (Å²) in [7, 11) is 1.31. The maximum Gasteiger partial charge on any atom is 0.315 e. The van der Waals surface area contributed by atoms with Gasteiger partial charge in [-0.3, -0.25) is 10.1 Å². The molecule has 0 unspecified atom stereocenters. The summed E-state index contributed by atoms with van der Waals surface area (Å²) >= 11 is 5.11. The van der Waals surface area contributed by atoms with Crippen molar-refractivity contribution in [2.24, 2.45) is 0 Å². The Bertz CT molecular complexity index is 781. The lowest BCUT2D eigenvalue weighted by Crippen LogP contribution is -2.82. The number of nitrogens with one attached hydrogen (secondary N) is 3. The SMILES string of the molecule is COc1cc(C=[NH+]NC(=S)Nc2ccccc2)cc([N+](=O)[O-])c1O. The molecule has 9 heteroatoms. The number of nitro benzene ring substituents is 1. The van der Waals surface area contributed by atoms with Crippen LogP contribution >= 0.6 is 12.2 Å². The molecule has 0 aliphatic carbocycles. The lowest BCUT2D eigenvalue weighted by atomic mass is 10.2. The number of hydrazine groups is 1. The number of thiocarbonyl (C=S) groups is 1. The van der Waals surface area contributed by atoms with Gasteiger partial charge in [-0.05, 0) is 30.4 Å².